The molecule has 90 valence electrons. The van der Waals surface area contributed by atoms with E-state index in [4.69, 9.17) is 0 Å². The van der Waals surface area contributed by atoms with Crippen molar-refractivity contribution >= 4 is 10.9 Å². The second-order valence-corrected chi connectivity index (χ2v) is 5.17. The van der Waals surface area contributed by atoms with Gasteiger partial charge >= 0.3 is 0 Å². The first kappa shape index (κ1) is 10.8. The third-order valence-corrected chi connectivity index (χ3v) is 3.84. The quantitative estimate of drug-likeness (QED) is 0.836. The minimum Gasteiger partial charge on any atom is -0.351 e. The Kier molecular flexibility index (Phi) is 2.89. The molecule has 1 aromatic heterocycles. The number of fused-ring (bicyclic) bond motifs is 1. The minimum atomic E-state index is 0.685. The van der Waals surface area contributed by atoms with Crippen LogP contribution in [-0.2, 0) is 13.5 Å². The van der Waals surface area contributed by atoms with Gasteiger partial charge in [0.2, 0.25) is 0 Å². The molecule has 2 heterocycles. The maximum atomic E-state index is 3.62. The predicted octanol–water partition coefficient (Wildman–Crippen LogP) is 2.86. The van der Waals surface area contributed by atoms with Crippen molar-refractivity contribution in [2.75, 3.05) is 6.54 Å². The molecule has 0 aliphatic carbocycles. The zero-order valence-electron chi connectivity index (χ0n) is 10.4. The maximum absolute atomic E-state index is 3.62. The van der Waals surface area contributed by atoms with Gasteiger partial charge in [-0.25, -0.2) is 0 Å². The van der Waals surface area contributed by atoms with E-state index in [-0.39, 0.29) is 0 Å². The third kappa shape index (κ3) is 2.22. The van der Waals surface area contributed by atoms with Gasteiger partial charge in [0, 0.05) is 24.8 Å². The summed E-state index contributed by atoms with van der Waals surface area (Å²) in [6.45, 7) is 1.19. The summed E-state index contributed by atoms with van der Waals surface area (Å²) in [5.74, 6) is 0. The van der Waals surface area contributed by atoms with E-state index < -0.39 is 0 Å². The Labute approximate surface area is 103 Å². The van der Waals surface area contributed by atoms with Gasteiger partial charge in [0.15, 0.2) is 0 Å². The lowest BCUT2D eigenvalue weighted by molar-refractivity contribution is 0.399. The fourth-order valence-corrected chi connectivity index (χ4v) is 2.84. The van der Waals surface area contributed by atoms with Crippen LogP contribution >= 0.6 is 0 Å². The lowest BCUT2D eigenvalue weighted by Crippen LogP contribution is -2.35. The van der Waals surface area contributed by atoms with Crippen LogP contribution in [0.15, 0.2) is 30.5 Å². The molecule has 0 amide bonds. The summed E-state index contributed by atoms with van der Waals surface area (Å²) < 4.78 is 2.18. The number of hydrogen-bond acceptors (Lipinski definition) is 1. The summed E-state index contributed by atoms with van der Waals surface area (Å²) >= 11 is 0. The molecule has 3 rings (SSSR count). The second-order valence-electron chi connectivity index (χ2n) is 5.17. The Morgan fingerprint density at radius 1 is 1.29 bits per heavy atom. The van der Waals surface area contributed by atoms with Crippen LogP contribution in [0, 0.1) is 0 Å². The number of piperidine rings is 1. The van der Waals surface area contributed by atoms with E-state index in [0.717, 1.165) is 0 Å². The molecule has 1 N–H and O–H groups in total. The lowest BCUT2D eigenvalue weighted by Gasteiger charge is -2.23. The van der Waals surface area contributed by atoms with Gasteiger partial charge < -0.3 is 9.88 Å². The predicted molar refractivity (Wildman–Crippen MR) is 72.3 cm³/mol. The number of aromatic nitrogens is 1. The molecular weight excluding hydrogens is 208 g/mol. The van der Waals surface area contributed by atoms with E-state index in [1.54, 1.807) is 0 Å². The van der Waals surface area contributed by atoms with E-state index in [9.17, 15) is 0 Å². The van der Waals surface area contributed by atoms with Crippen LogP contribution in [0.3, 0.4) is 0 Å². The van der Waals surface area contributed by atoms with E-state index in [1.807, 2.05) is 0 Å². The smallest absolute Gasteiger partial charge is 0.0477 e. The Balaban J connectivity index is 1.80. The minimum absolute atomic E-state index is 0.685. The Morgan fingerprint density at radius 2 is 2.24 bits per heavy atom. The molecule has 0 saturated carbocycles. The van der Waals surface area contributed by atoms with E-state index >= 15 is 0 Å². The number of nitrogens with zero attached hydrogens (tertiary/aromatic N) is 1. The maximum Gasteiger partial charge on any atom is 0.0477 e. The van der Waals surface area contributed by atoms with Crippen LogP contribution in [-0.4, -0.2) is 17.2 Å². The molecule has 1 unspecified atom stereocenters. The zero-order chi connectivity index (χ0) is 11.7. The molecule has 2 heteroatoms. The third-order valence-electron chi connectivity index (χ3n) is 3.84. The molecule has 17 heavy (non-hydrogen) atoms. The lowest BCUT2D eigenvalue weighted by atomic mass is 9.97. The highest BCUT2D eigenvalue weighted by Gasteiger charge is 2.13. The molecule has 2 aromatic rings. The largest absolute Gasteiger partial charge is 0.351 e. The van der Waals surface area contributed by atoms with Gasteiger partial charge in [-0.05, 0) is 55.0 Å². The molecule has 1 aliphatic heterocycles. The summed E-state index contributed by atoms with van der Waals surface area (Å²) in [6, 6.07) is 9.75. The number of nitrogens with one attached hydrogen (secondary N) is 1. The van der Waals surface area contributed by atoms with Gasteiger partial charge in [-0.2, -0.15) is 0 Å². The molecule has 0 spiro atoms. The second kappa shape index (κ2) is 4.53. The highest BCUT2D eigenvalue weighted by molar-refractivity contribution is 5.80. The van der Waals surface area contributed by atoms with Crippen LogP contribution in [0.4, 0.5) is 0 Å². The van der Waals surface area contributed by atoms with Crippen molar-refractivity contribution in [2.45, 2.75) is 31.7 Å². The summed E-state index contributed by atoms with van der Waals surface area (Å²) in [5.41, 5.74) is 2.79. The topological polar surface area (TPSA) is 17.0 Å². The first-order valence-corrected chi connectivity index (χ1v) is 6.60. The normalized spacial score (nSPS) is 20.9. The van der Waals surface area contributed by atoms with Gasteiger partial charge in [0.25, 0.3) is 0 Å². The molecule has 0 radical (unpaired) electrons. The van der Waals surface area contributed by atoms with Crippen LogP contribution in [0.25, 0.3) is 10.9 Å². The van der Waals surface area contributed by atoms with Gasteiger partial charge in [-0.15, -0.1) is 0 Å². The Morgan fingerprint density at radius 3 is 3.06 bits per heavy atom. The van der Waals surface area contributed by atoms with Crippen LogP contribution < -0.4 is 5.32 Å². The molecule has 1 saturated heterocycles. The van der Waals surface area contributed by atoms with Crippen LogP contribution in [0.1, 0.15) is 24.8 Å². The Bertz CT molecular complexity index is 507. The number of rotatable bonds is 2. The summed E-state index contributed by atoms with van der Waals surface area (Å²) in [5, 5.41) is 4.98. The van der Waals surface area contributed by atoms with Gasteiger partial charge in [-0.1, -0.05) is 12.5 Å². The van der Waals surface area contributed by atoms with Crippen molar-refractivity contribution in [1.82, 2.24) is 9.88 Å². The first-order chi connectivity index (χ1) is 8.33. The van der Waals surface area contributed by atoms with E-state index in [2.05, 4.69) is 47.4 Å². The highest BCUT2D eigenvalue weighted by Crippen LogP contribution is 2.19. The summed E-state index contributed by atoms with van der Waals surface area (Å²) in [7, 11) is 2.10. The van der Waals surface area contributed by atoms with Crippen molar-refractivity contribution < 1.29 is 0 Å². The molecule has 1 fully saturated rings. The molecule has 1 aliphatic rings. The molecule has 1 atom stereocenters. The SMILES string of the molecule is Cn1ccc2cc(CC3CCCCN3)ccc21. The average molecular weight is 228 g/mol. The van der Waals surface area contributed by atoms with Gasteiger partial charge in [-0.3, -0.25) is 0 Å². The van der Waals surface area contributed by atoms with Crippen molar-refractivity contribution in [3.63, 3.8) is 0 Å². The molecule has 2 nitrogen and oxygen atoms in total. The van der Waals surface area contributed by atoms with Gasteiger partial charge in [0.05, 0.1) is 0 Å². The standard InChI is InChI=1S/C15H20N2/c1-17-9-7-13-10-12(5-6-15(13)17)11-14-4-2-3-8-16-14/h5-7,9-10,14,16H,2-4,8,11H2,1H3. The first-order valence-electron chi connectivity index (χ1n) is 6.60. The van der Waals surface area contributed by atoms with Crippen molar-refractivity contribution in [2.24, 2.45) is 7.05 Å². The Hall–Kier alpha value is -1.28. The van der Waals surface area contributed by atoms with Gasteiger partial charge in [0.1, 0.15) is 0 Å². The van der Waals surface area contributed by atoms with E-state index in [1.165, 1.54) is 48.7 Å². The van der Waals surface area contributed by atoms with Crippen LogP contribution in [0.2, 0.25) is 0 Å². The van der Waals surface area contributed by atoms with E-state index in [0.29, 0.717) is 6.04 Å². The zero-order valence-corrected chi connectivity index (χ0v) is 10.4. The highest BCUT2D eigenvalue weighted by atomic mass is 14.9. The summed E-state index contributed by atoms with van der Waals surface area (Å²) in [6.07, 6.45) is 7.35. The summed E-state index contributed by atoms with van der Waals surface area (Å²) in [4.78, 5) is 0. The fourth-order valence-electron chi connectivity index (χ4n) is 2.84. The monoisotopic (exact) mass is 228 g/mol. The number of hydrogen-bond donors (Lipinski definition) is 1. The molecule has 0 bridgehead atoms. The molecule has 1 aromatic carbocycles. The molecular formula is C15H20N2. The van der Waals surface area contributed by atoms with Crippen molar-refractivity contribution in [3.05, 3.63) is 36.0 Å². The number of aryl methyl sites for hydroxylation is 1. The average Bonchev–Trinajstić information content (AvgIpc) is 2.72. The number of benzene rings is 1. The van der Waals surface area contributed by atoms with Crippen LogP contribution in [0.5, 0.6) is 0 Å². The van der Waals surface area contributed by atoms with Crippen molar-refractivity contribution in [1.29, 1.82) is 0 Å². The van der Waals surface area contributed by atoms with Crippen molar-refractivity contribution in [3.8, 4) is 0 Å². The fraction of sp³-hybridized carbons (Fsp3) is 0.467.